The van der Waals surface area contributed by atoms with Gasteiger partial charge in [-0.2, -0.15) is 0 Å². The fourth-order valence-electron chi connectivity index (χ4n) is 3.16. The highest BCUT2D eigenvalue weighted by molar-refractivity contribution is 5.73. The van der Waals surface area contributed by atoms with E-state index in [0.29, 0.717) is 0 Å². The Bertz CT molecular complexity index is 481. The Morgan fingerprint density at radius 2 is 1.86 bits per heavy atom. The number of amides is 1. The molecule has 1 aromatic rings. The summed E-state index contributed by atoms with van der Waals surface area (Å²) in [4.78, 5) is 15.8. The van der Waals surface area contributed by atoms with Gasteiger partial charge in [0.25, 0.3) is 0 Å². The molecule has 4 nitrogen and oxygen atoms in total. The smallest absolute Gasteiger partial charge is 0.219 e. The Hall–Kier alpha value is -1.39. The summed E-state index contributed by atoms with van der Waals surface area (Å²) in [7, 11) is 0. The van der Waals surface area contributed by atoms with Crippen LogP contribution in [0, 0.1) is 6.92 Å². The van der Waals surface area contributed by atoms with Crippen molar-refractivity contribution >= 4 is 5.91 Å². The Kier molecular flexibility index (Phi) is 5.37. The normalized spacial score (nSPS) is 19.3. The zero-order valence-corrected chi connectivity index (χ0v) is 13.4. The maximum absolute atomic E-state index is 11.5. The summed E-state index contributed by atoms with van der Waals surface area (Å²) in [6, 6.07) is 8.86. The number of hydrogen-bond donors (Lipinski definition) is 1. The van der Waals surface area contributed by atoms with Crippen LogP contribution >= 0.6 is 0 Å². The molecule has 0 aliphatic carbocycles. The summed E-state index contributed by atoms with van der Waals surface area (Å²) in [6.07, 6.45) is 0.950. The van der Waals surface area contributed by atoms with Crippen molar-refractivity contribution in [2.75, 3.05) is 26.2 Å². The summed E-state index contributed by atoms with van der Waals surface area (Å²) >= 11 is 0. The molecular weight excluding hydrogens is 262 g/mol. The topological polar surface area (TPSA) is 49.6 Å². The van der Waals surface area contributed by atoms with Crippen molar-refractivity contribution in [2.45, 2.75) is 39.3 Å². The lowest BCUT2D eigenvalue weighted by Gasteiger charge is -2.41. The van der Waals surface area contributed by atoms with E-state index in [0.717, 1.165) is 32.6 Å². The first-order valence-electron chi connectivity index (χ1n) is 7.85. The third kappa shape index (κ3) is 3.63. The van der Waals surface area contributed by atoms with Crippen LogP contribution in [-0.4, -0.2) is 47.9 Å². The zero-order chi connectivity index (χ0) is 15.4. The van der Waals surface area contributed by atoms with Crippen LogP contribution in [0.1, 0.15) is 37.4 Å². The lowest BCUT2D eigenvalue weighted by Crippen LogP contribution is -2.52. The maximum Gasteiger partial charge on any atom is 0.219 e. The van der Waals surface area contributed by atoms with Gasteiger partial charge in [0.15, 0.2) is 0 Å². The molecule has 0 spiro atoms. The van der Waals surface area contributed by atoms with Gasteiger partial charge in [-0.05, 0) is 24.5 Å². The minimum Gasteiger partial charge on any atom is -0.340 e. The highest BCUT2D eigenvalue weighted by atomic mass is 16.2. The van der Waals surface area contributed by atoms with Crippen molar-refractivity contribution in [3.8, 4) is 0 Å². The molecule has 2 rings (SSSR count). The Morgan fingerprint density at radius 1 is 1.24 bits per heavy atom. The maximum atomic E-state index is 11.5. The van der Waals surface area contributed by atoms with E-state index in [2.05, 4.69) is 43.0 Å². The first-order valence-corrected chi connectivity index (χ1v) is 7.85. The van der Waals surface area contributed by atoms with Gasteiger partial charge in [0, 0.05) is 39.1 Å². The Balaban J connectivity index is 2.19. The molecule has 1 aromatic carbocycles. The molecule has 2 N–H and O–H groups in total. The molecule has 1 heterocycles. The standard InChI is InChI=1S/C17H27N3O/c1-4-16(18)17(15-8-6-5-7-13(15)2)20-11-9-19(10-12-20)14(3)21/h5-8,16-17H,4,9-12,18H2,1-3H3. The van der Waals surface area contributed by atoms with E-state index in [1.54, 1.807) is 6.92 Å². The molecule has 2 unspecified atom stereocenters. The van der Waals surface area contributed by atoms with Gasteiger partial charge in [-0.25, -0.2) is 0 Å². The number of nitrogens with zero attached hydrogens (tertiary/aromatic N) is 2. The van der Waals surface area contributed by atoms with E-state index >= 15 is 0 Å². The summed E-state index contributed by atoms with van der Waals surface area (Å²) in [5.41, 5.74) is 9.04. The molecule has 0 bridgehead atoms. The van der Waals surface area contributed by atoms with Gasteiger partial charge < -0.3 is 10.6 Å². The predicted molar refractivity (Wildman–Crippen MR) is 86.0 cm³/mol. The fourth-order valence-corrected chi connectivity index (χ4v) is 3.16. The SMILES string of the molecule is CCC(N)C(c1ccccc1C)N1CCN(C(C)=O)CC1. The van der Waals surface area contributed by atoms with Crippen molar-refractivity contribution in [3.05, 3.63) is 35.4 Å². The Morgan fingerprint density at radius 3 is 2.38 bits per heavy atom. The second-order valence-corrected chi connectivity index (χ2v) is 5.92. The van der Waals surface area contributed by atoms with Gasteiger partial charge in [0.1, 0.15) is 0 Å². The summed E-state index contributed by atoms with van der Waals surface area (Å²) in [6.45, 7) is 9.32. The quantitative estimate of drug-likeness (QED) is 0.921. The number of rotatable bonds is 4. The van der Waals surface area contributed by atoms with Crippen molar-refractivity contribution in [3.63, 3.8) is 0 Å². The summed E-state index contributed by atoms with van der Waals surface area (Å²) < 4.78 is 0. The van der Waals surface area contributed by atoms with Crippen LogP contribution in [-0.2, 0) is 4.79 Å². The van der Waals surface area contributed by atoms with Gasteiger partial charge in [-0.15, -0.1) is 0 Å². The van der Waals surface area contributed by atoms with Crippen molar-refractivity contribution < 1.29 is 4.79 Å². The molecule has 21 heavy (non-hydrogen) atoms. The third-order valence-electron chi connectivity index (χ3n) is 4.54. The number of benzene rings is 1. The van der Waals surface area contributed by atoms with Crippen molar-refractivity contribution in [1.29, 1.82) is 0 Å². The minimum atomic E-state index is 0.120. The zero-order valence-electron chi connectivity index (χ0n) is 13.4. The number of carbonyl (C=O) groups is 1. The lowest BCUT2D eigenvalue weighted by atomic mass is 9.92. The average molecular weight is 289 g/mol. The molecule has 4 heteroatoms. The first kappa shape index (κ1) is 16.0. The monoisotopic (exact) mass is 289 g/mol. The molecule has 0 saturated carbocycles. The van der Waals surface area contributed by atoms with Gasteiger partial charge in [0.05, 0.1) is 6.04 Å². The molecule has 0 radical (unpaired) electrons. The van der Waals surface area contributed by atoms with E-state index in [-0.39, 0.29) is 18.0 Å². The number of nitrogens with two attached hydrogens (primary N) is 1. The van der Waals surface area contributed by atoms with Crippen molar-refractivity contribution in [2.24, 2.45) is 5.73 Å². The molecule has 2 atom stereocenters. The van der Waals surface area contributed by atoms with Crippen molar-refractivity contribution in [1.82, 2.24) is 9.80 Å². The molecule has 1 aliphatic heterocycles. The van der Waals surface area contributed by atoms with Crippen LogP contribution in [0.25, 0.3) is 0 Å². The van der Waals surface area contributed by atoms with Gasteiger partial charge in [-0.1, -0.05) is 31.2 Å². The van der Waals surface area contributed by atoms with E-state index in [9.17, 15) is 4.79 Å². The van der Waals surface area contributed by atoms with Crippen LogP contribution < -0.4 is 5.73 Å². The number of carbonyl (C=O) groups excluding carboxylic acids is 1. The van der Waals surface area contributed by atoms with Gasteiger partial charge in [0.2, 0.25) is 5.91 Å². The second kappa shape index (κ2) is 7.05. The largest absolute Gasteiger partial charge is 0.340 e. The molecule has 116 valence electrons. The lowest BCUT2D eigenvalue weighted by molar-refractivity contribution is -0.130. The van der Waals surface area contributed by atoms with Crippen LogP contribution in [0.5, 0.6) is 0 Å². The number of piperazine rings is 1. The molecule has 0 aromatic heterocycles. The third-order valence-corrected chi connectivity index (χ3v) is 4.54. The predicted octanol–water partition coefficient (Wildman–Crippen LogP) is 1.94. The fraction of sp³-hybridized carbons (Fsp3) is 0.588. The molecule has 1 amide bonds. The van der Waals surface area contributed by atoms with E-state index < -0.39 is 0 Å². The van der Waals surface area contributed by atoms with Crippen LogP contribution in [0.15, 0.2) is 24.3 Å². The number of aryl methyl sites for hydroxylation is 1. The minimum absolute atomic E-state index is 0.120. The van der Waals surface area contributed by atoms with Crippen LogP contribution in [0.3, 0.4) is 0 Å². The van der Waals surface area contributed by atoms with Gasteiger partial charge in [-0.3, -0.25) is 9.69 Å². The Labute approximate surface area is 127 Å². The molecule has 1 aliphatic rings. The van der Waals surface area contributed by atoms with E-state index in [4.69, 9.17) is 5.73 Å². The van der Waals surface area contributed by atoms with Crippen LogP contribution in [0.4, 0.5) is 0 Å². The van der Waals surface area contributed by atoms with Gasteiger partial charge >= 0.3 is 0 Å². The van der Waals surface area contributed by atoms with E-state index in [1.807, 2.05) is 4.90 Å². The van der Waals surface area contributed by atoms with E-state index in [1.165, 1.54) is 11.1 Å². The highest BCUT2D eigenvalue weighted by Crippen LogP contribution is 2.28. The second-order valence-electron chi connectivity index (χ2n) is 5.92. The molecule has 1 fully saturated rings. The number of hydrogen-bond acceptors (Lipinski definition) is 3. The molecule has 1 saturated heterocycles. The van der Waals surface area contributed by atoms with Crippen LogP contribution in [0.2, 0.25) is 0 Å². The summed E-state index contributed by atoms with van der Waals surface area (Å²) in [5.74, 6) is 0.168. The average Bonchev–Trinajstić information content (AvgIpc) is 2.49. The first-order chi connectivity index (χ1) is 10.0. The summed E-state index contributed by atoms with van der Waals surface area (Å²) in [5, 5.41) is 0. The highest BCUT2D eigenvalue weighted by Gasteiger charge is 2.30. The molecular formula is C17H27N3O.